The van der Waals surface area contributed by atoms with Gasteiger partial charge in [0.15, 0.2) is 5.69 Å². The van der Waals surface area contributed by atoms with Crippen LogP contribution in [0, 0.1) is 0 Å². The zero-order chi connectivity index (χ0) is 15.5. The lowest BCUT2D eigenvalue weighted by Gasteiger charge is -2.15. The van der Waals surface area contributed by atoms with Crippen LogP contribution in [-0.2, 0) is 4.74 Å². The third kappa shape index (κ3) is 7.42. The van der Waals surface area contributed by atoms with Crippen molar-refractivity contribution in [3.63, 3.8) is 0 Å². The monoisotopic (exact) mass is 312 g/mol. The molecule has 0 fully saturated rings. The standard InChI is InChI=1S/C16H25ClN2O2/c1-3-5-6-7-8-9-10-13(4-2)21-16(20)14-11-19-15(17)12-18-14/h11-13H,3-10H2,1-2H3/t13-/m1/s1. The minimum absolute atomic E-state index is 0.0406. The largest absolute Gasteiger partial charge is 0.458 e. The van der Waals surface area contributed by atoms with Crippen LogP contribution in [0.4, 0.5) is 0 Å². The van der Waals surface area contributed by atoms with Crippen molar-refractivity contribution in [3.05, 3.63) is 23.2 Å². The number of esters is 1. The molecule has 4 nitrogen and oxygen atoms in total. The van der Waals surface area contributed by atoms with Gasteiger partial charge in [0.05, 0.1) is 12.4 Å². The molecule has 21 heavy (non-hydrogen) atoms. The van der Waals surface area contributed by atoms with E-state index in [0.29, 0.717) is 0 Å². The van der Waals surface area contributed by atoms with Crippen LogP contribution in [0.25, 0.3) is 0 Å². The Bertz CT molecular complexity index is 409. The number of carbonyl (C=O) groups excluding carboxylic acids is 1. The Morgan fingerprint density at radius 3 is 2.48 bits per heavy atom. The van der Waals surface area contributed by atoms with E-state index in [-0.39, 0.29) is 17.0 Å². The number of rotatable bonds is 10. The lowest BCUT2D eigenvalue weighted by molar-refractivity contribution is 0.0259. The number of hydrogen-bond donors (Lipinski definition) is 0. The maximum Gasteiger partial charge on any atom is 0.358 e. The first kappa shape index (κ1) is 17.9. The molecule has 0 amide bonds. The molecule has 0 aliphatic heterocycles. The number of nitrogens with zero attached hydrogens (tertiary/aromatic N) is 2. The van der Waals surface area contributed by atoms with Crippen LogP contribution in [0.5, 0.6) is 0 Å². The molecule has 1 aromatic rings. The molecule has 0 unspecified atom stereocenters. The average molecular weight is 313 g/mol. The second-order valence-corrected chi connectivity index (χ2v) is 5.60. The smallest absolute Gasteiger partial charge is 0.358 e. The van der Waals surface area contributed by atoms with E-state index < -0.39 is 5.97 Å². The van der Waals surface area contributed by atoms with Crippen molar-refractivity contribution in [2.45, 2.75) is 71.3 Å². The summed E-state index contributed by atoms with van der Waals surface area (Å²) in [5.74, 6) is -0.419. The third-order valence-corrected chi connectivity index (χ3v) is 3.63. The van der Waals surface area contributed by atoms with Gasteiger partial charge in [0.1, 0.15) is 11.3 Å². The normalized spacial score (nSPS) is 12.1. The summed E-state index contributed by atoms with van der Waals surface area (Å²) in [6.07, 6.45) is 11.8. The van der Waals surface area contributed by atoms with Crippen LogP contribution in [0.2, 0.25) is 5.15 Å². The summed E-state index contributed by atoms with van der Waals surface area (Å²) in [4.78, 5) is 19.7. The minimum atomic E-state index is -0.419. The highest BCUT2D eigenvalue weighted by molar-refractivity contribution is 6.29. The third-order valence-electron chi connectivity index (χ3n) is 3.44. The summed E-state index contributed by atoms with van der Waals surface area (Å²) >= 11 is 5.64. The molecule has 1 rings (SSSR count). The maximum absolute atomic E-state index is 11.9. The van der Waals surface area contributed by atoms with Crippen molar-refractivity contribution >= 4 is 17.6 Å². The Kier molecular flexibility index (Phi) is 8.99. The van der Waals surface area contributed by atoms with E-state index in [1.165, 1.54) is 44.5 Å². The molecule has 0 aliphatic carbocycles. The predicted octanol–water partition coefficient (Wildman–Crippen LogP) is 4.82. The Labute approximate surface area is 132 Å². The summed E-state index contributed by atoms with van der Waals surface area (Å²) in [6, 6.07) is 0. The molecule has 118 valence electrons. The van der Waals surface area contributed by atoms with Crippen molar-refractivity contribution < 1.29 is 9.53 Å². The molecule has 0 saturated heterocycles. The summed E-state index contributed by atoms with van der Waals surface area (Å²) in [7, 11) is 0. The number of hydrogen-bond acceptors (Lipinski definition) is 4. The summed E-state index contributed by atoms with van der Waals surface area (Å²) < 4.78 is 5.47. The molecule has 0 radical (unpaired) electrons. The van der Waals surface area contributed by atoms with Gasteiger partial charge in [-0.15, -0.1) is 0 Å². The van der Waals surface area contributed by atoms with Crippen molar-refractivity contribution in [1.29, 1.82) is 0 Å². The van der Waals surface area contributed by atoms with Crippen molar-refractivity contribution in [2.75, 3.05) is 0 Å². The number of aromatic nitrogens is 2. The molecule has 0 bridgehead atoms. The molecular weight excluding hydrogens is 288 g/mol. The van der Waals surface area contributed by atoms with Crippen molar-refractivity contribution in [3.8, 4) is 0 Å². The fourth-order valence-corrected chi connectivity index (χ4v) is 2.23. The number of carbonyl (C=O) groups is 1. The van der Waals surface area contributed by atoms with E-state index in [1.54, 1.807) is 0 Å². The molecule has 5 heteroatoms. The van der Waals surface area contributed by atoms with Crippen molar-refractivity contribution in [2.24, 2.45) is 0 Å². The van der Waals surface area contributed by atoms with Gasteiger partial charge in [0, 0.05) is 0 Å². The Balaban J connectivity index is 2.29. The highest BCUT2D eigenvalue weighted by atomic mass is 35.5. The van der Waals surface area contributed by atoms with E-state index in [4.69, 9.17) is 16.3 Å². The Hall–Kier alpha value is -1.16. The van der Waals surface area contributed by atoms with Crippen LogP contribution in [0.15, 0.2) is 12.4 Å². The summed E-state index contributed by atoms with van der Waals surface area (Å²) in [6.45, 7) is 4.24. The molecule has 0 spiro atoms. The lowest BCUT2D eigenvalue weighted by atomic mass is 10.1. The zero-order valence-corrected chi connectivity index (χ0v) is 13.7. The van der Waals surface area contributed by atoms with Gasteiger partial charge in [-0.05, 0) is 19.3 Å². The van der Waals surface area contributed by atoms with E-state index in [0.717, 1.165) is 19.3 Å². The second-order valence-electron chi connectivity index (χ2n) is 5.22. The van der Waals surface area contributed by atoms with Gasteiger partial charge in [-0.1, -0.05) is 57.6 Å². The maximum atomic E-state index is 11.9. The van der Waals surface area contributed by atoms with Crippen LogP contribution in [-0.4, -0.2) is 22.0 Å². The summed E-state index contributed by atoms with van der Waals surface area (Å²) in [5, 5.41) is 0.269. The SMILES string of the molecule is CCCCCCCC[C@@H](CC)OC(=O)c1cnc(Cl)cn1. The molecular formula is C16H25ClN2O2. The number of ether oxygens (including phenoxy) is 1. The molecule has 0 aromatic carbocycles. The van der Waals surface area contributed by atoms with Crippen molar-refractivity contribution in [1.82, 2.24) is 9.97 Å². The number of halogens is 1. The predicted molar refractivity (Wildman–Crippen MR) is 84.5 cm³/mol. The van der Waals surface area contributed by atoms with E-state index in [2.05, 4.69) is 16.9 Å². The average Bonchev–Trinajstić information content (AvgIpc) is 2.50. The van der Waals surface area contributed by atoms with Gasteiger partial charge < -0.3 is 4.74 Å². The highest BCUT2D eigenvalue weighted by Crippen LogP contribution is 2.14. The van der Waals surface area contributed by atoms with Gasteiger partial charge >= 0.3 is 5.97 Å². The molecule has 0 N–H and O–H groups in total. The summed E-state index contributed by atoms with van der Waals surface area (Å²) in [5.41, 5.74) is 0.209. The Morgan fingerprint density at radius 1 is 1.14 bits per heavy atom. The minimum Gasteiger partial charge on any atom is -0.458 e. The van der Waals surface area contributed by atoms with Gasteiger partial charge in [-0.25, -0.2) is 14.8 Å². The molecule has 0 aliphatic rings. The van der Waals surface area contributed by atoms with Gasteiger partial charge in [-0.2, -0.15) is 0 Å². The van der Waals surface area contributed by atoms with E-state index in [1.807, 2.05) is 6.92 Å². The number of unbranched alkanes of at least 4 members (excludes halogenated alkanes) is 5. The van der Waals surface area contributed by atoms with Crippen LogP contribution >= 0.6 is 11.6 Å². The van der Waals surface area contributed by atoms with Crippen LogP contribution < -0.4 is 0 Å². The van der Waals surface area contributed by atoms with Gasteiger partial charge in [0.2, 0.25) is 0 Å². The van der Waals surface area contributed by atoms with Crippen LogP contribution in [0.3, 0.4) is 0 Å². The fourth-order valence-electron chi connectivity index (χ4n) is 2.13. The quantitative estimate of drug-likeness (QED) is 0.459. The molecule has 1 atom stereocenters. The highest BCUT2D eigenvalue weighted by Gasteiger charge is 2.15. The molecule has 1 heterocycles. The molecule has 0 saturated carbocycles. The van der Waals surface area contributed by atoms with Crippen LogP contribution in [0.1, 0.15) is 75.7 Å². The Morgan fingerprint density at radius 2 is 1.86 bits per heavy atom. The van der Waals surface area contributed by atoms with Gasteiger partial charge in [-0.3, -0.25) is 0 Å². The first-order valence-electron chi connectivity index (χ1n) is 7.85. The van der Waals surface area contributed by atoms with E-state index in [9.17, 15) is 4.79 Å². The zero-order valence-electron chi connectivity index (χ0n) is 13.0. The first-order chi connectivity index (χ1) is 10.2. The fraction of sp³-hybridized carbons (Fsp3) is 0.688. The van der Waals surface area contributed by atoms with E-state index >= 15 is 0 Å². The first-order valence-corrected chi connectivity index (χ1v) is 8.23. The second kappa shape index (κ2) is 10.6. The topological polar surface area (TPSA) is 52.1 Å². The molecule has 1 aromatic heterocycles. The van der Waals surface area contributed by atoms with Gasteiger partial charge in [0.25, 0.3) is 0 Å². The lowest BCUT2D eigenvalue weighted by Crippen LogP contribution is -2.18.